The lowest BCUT2D eigenvalue weighted by Gasteiger charge is -2.00. The van der Waals surface area contributed by atoms with Gasteiger partial charge in [-0.25, -0.2) is 13.6 Å². The molecule has 1 unspecified atom stereocenters. The van der Waals surface area contributed by atoms with Crippen molar-refractivity contribution in [3.05, 3.63) is 0 Å². The van der Waals surface area contributed by atoms with Crippen LogP contribution in [-0.2, 0) is 14.8 Å². The first-order valence-electron chi connectivity index (χ1n) is 2.49. The van der Waals surface area contributed by atoms with Crippen LogP contribution >= 0.6 is 0 Å². The van der Waals surface area contributed by atoms with Gasteiger partial charge in [-0.3, -0.25) is 0 Å². The minimum absolute atomic E-state index is 0.238. The molecule has 0 spiro atoms. The Bertz CT molecular complexity index is 184. The predicted molar refractivity (Wildman–Crippen MR) is 33.3 cm³/mol. The molecule has 0 aromatic heterocycles. The van der Waals surface area contributed by atoms with Crippen molar-refractivity contribution in [1.82, 2.24) is 0 Å². The van der Waals surface area contributed by atoms with Crippen LogP contribution in [0.25, 0.3) is 0 Å². The lowest BCUT2D eigenvalue weighted by atomic mass is 10.4. The molecule has 0 aliphatic heterocycles. The second kappa shape index (κ2) is 2.93. The van der Waals surface area contributed by atoms with E-state index < -0.39 is 15.3 Å². The van der Waals surface area contributed by atoms with Gasteiger partial charge in [0.2, 0.25) is 10.0 Å². The van der Waals surface area contributed by atoms with Crippen molar-refractivity contribution < 1.29 is 13.2 Å². The average molecular weight is 151 g/mol. The molecule has 54 valence electrons. The molecule has 0 amide bonds. The number of aldehydes is 1. The minimum atomic E-state index is -3.63. The highest BCUT2D eigenvalue weighted by Crippen LogP contribution is 1.95. The molecule has 5 heteroatoms. The van der Waals surface area contributed by atoms with Crippen LogP contribution in [0.1, 0.15) is 13.3 Å². The van der Waals surface area contributed by atoms with Crippen LogP contribution in [-0.4, -0.2) is 20.0 Å². The second-order valence-electron chi connectivity index (χ2n) is 1.67. The summed E-state index contributed by atoms with van der Waals surface area (Å²) in [7, 11) is -3.63. The zero-order valence-electron chi connectivity index (χ0n) is 5.07. The summed E-state index contributed by atoms with van der Waals surface area (Å²) in [6.45, 7) is 1.59. The van der Waals surface area contributed by atoms with Crippen molar-refractivity contribution in [3.8, 4) is 0 Å². The summed E-state index contributed by atoms with van der Waals surface area (Å²) in [6.07, 6.45) is 0.581. The fourth-order valence-electron chi connectivity index (χ4n) is 0.406. The van der Waals surface area contributed by atoms with E-state index in [2.05, 4.69) is 5.14 Å². The molecule has 0 aliphatic carbocycles. The first-order valence-corrected chi connectivity index (χ1v) is 4.10. The summed E-state index contributed by atoms with van der Waals surface area (Å²) < 4.78 is 20.7. The Kier molecular flexibility index (Phi) is 2.80. The van der Waals surface area contributed by atoms with Crippen LogP contribution in [0, 0.1) is 0 Å². The maximum absolute atomic E-state index is 10.3. The Morgan fingerprint density at radius 1 is 1.67 bits per heavy atom. The largest absolute Gasteiger partial charge is 0.302 e. The third-order valence-corrected chi connectivity index (χ3v) is 2.26. The minimum Gasteiger partial charge on any atom is -0.302 e. The molecule has 0 bridgehead atoms. The van der Waals surface area contributed by atoms with Crippen LogP contribution in [0.4, 0.5) is 0 Å². The van der Waals surface area contributed by atoms with Gasteiger partial charge in [0, 0.05) is 0 Å². The molecule has 0 fully saturated rings. The van der Waals surface area contributed by atoms with E-state index in [0.717, 1.165) is 0 Å². The topological polar surface area (TPSA) is 77.2 Å². The van der Waals surface area contributed by atoms with Crippen molar-refractivity contribution in [2.45, 2.75) is 18.6 Å². The van der Waals surface area contributed by atoms with E-state index in [1.54, 1.807) is 6.92 Å². The predicted octanol–water partition coefficient (Wildman–Crippen LogP) is -0.748. The molecule has 2 N–H and O–H groups in total. The Morgan fingerprint density at radius 2 is 2.11 bits per heavy atom. The standard InChI is InChI=1S/C4H9NO3S/c1-2-4(3-6)9(5,7)8/h3-4H,2H2,1H3,(H2,5,7,8). The Hall–Kier alpha value is -0.420. The molecule has 4 nitrogen and oxygen atoms in total. The zero-order valence-corrected chi connectivity index (χ0v) is 5.89. The van der Waals surface area contributed by atoms with Gasteiger partial charge in [0.1, 0.15) is 11.5 Å². The van der Waals surface area contributed by atoms with Gasteiger partial charge in [-0.2, -0.15) is 0 Å². The summed E-state index contributed by atoms with van der Waals surface area (Å²) in [5, 5.41) is 3.61. The molecule has 0 aromatic rings. The van der Waals surface area contributed by atoms with E-state index >= 15 is 0 Å². The maximum atomic E-state index is 10.3. The third-order valence-electron chi connectivity index (χ3n) is 0.976. The molecule has 0 heterocycles. The van der Waals surface area contributed by atoms with Gasteiger partial charge in [0.05, 0.1) is 0 Å². The summed E-state index contributed by atoms with van der Waals surface area (Å²) in [6, 6.07) is 0. The van der Waals surface area contributed by atoms with Gasteiger partial charge in [-0.05, 0) is 6.42 Å². The molecular formula is C4H9NO3S. The molecular weight excluding hydrogens is 142 g/mol. The number of primary sulfonamides is 1. The lowest BCUT2D eigenvalue weighted by Crippen LogP contribution is -2.28. The highest BCUT2D eigenvalue weighted by molar-refractivity contribution is 7.90. The molecule has 0 saturated carbocycles. The number of sulfonamides is 1. The first kappa shape index (κ1) is 8.58. The van der Waals surface area contributed by atoms with Crippen molar-refractivity contribution in [2.75, 3.05) is 0 Å². The van der Waals surface area contributed by atoms with Crippen LogP contribution in [0.5, 0.6) is 0 Å². The van der Waals surface area contributed by atoms with Crippen molar-refractivity contribution >= 4 is 16.3 Å². The van der Waals surface area contributed by atoms with E-state index in [1.807, 2.05) is 0 Å². The second-order valence-corrected chi connectivity index (χ2v) is 3.46. The van der Waals surface area contributed by atoms with Crippen LogP contribution in [0.2, 0.25) is 0 Å². The maximum Gasteiger partial charge on any atom is 0.218 e. The molecule has 0 aromatic carbocycles. The highest BCUT2D eigenvalue weighted by Gasteiger charge is 2.16. The van der Waals surface area contributed by atoms with E-state index in [4.69, 9.17) is 0 Å². The highest BCUT2D eigenvalue weighted by atomic mass is 32.2. The van der Waals surface area contributed by atoms with Gasteiger partial charge in [0.25, 0.3) is 0 Å². The number of carbonyl (C=O) groups excluding carboxylic acids is 1. The number of hydrogen-bond donors (Lipinski definition) is 1. The van der Waals surface area contributed by atoms with Gasteiger partial charge in [0.15, 0.2) is 0 Å². The molecule has 0 rings (SSSR count). The fourth-order valence-corrected chi connectivity index (χ4v) is 1.03. The monoisotopic (exact) mass is 151 g/mol. The van der Waals surface area contributed by atoms with E-state index in [1.165, 1.54) is 0 Å². The van der Waals surface area contributed by atoms with E-state index in [9.17, 15) is 13.2 Å². The van der Waals surface area contributed by atoms with Crippen LogP contribution in [0.15, 0.2) is 0 Å². The van der Waals surface area contributed by atoms with E-state index in [0.29, 0.717) is 6.29 Å². The van der Waals surface area contributed by atoms with Gasteiger partial charge < -0.3 is 4.79 Å². The quantitative estimate of drug-likeness (QED) is 0.539. The SMILES string of the molecule is CCC(C=O)S(N)(=O)=O. The lowest BCUT2D eigenvalue weighted by molar-refractivity contribution is -0.107. The van der Waals surface area contributed by atoms with Gasteiger partial charge >= 0.3 is 0 Å². The summed E-state index contributed by atoms with van der Waals surface area (Å²) >= 11 is 0. The summed E-state index contributed by atoms with van der Waals surface area (Å²) in [5.41, 5.74) is 0. The first-order chi connectivity index (χ1) is 4.02. The Morgan fingerprint density at radius 3 is 2.11 bits per heavy atom. The van der Waals surface area contributed by atoms with Crippen LogP contribution < -0.4 is 5.14 Å². The zero-order chi connectivity index (χ0) is 7.49. The van der Waals surface area contributed by atoms with Crippen molar-refractivity contribution in [3.63, 3.8) is 0 Å². The third kappa shape index (κ3) is 2.57. The Labute approximate surface area is 54.1 Å². The van der Waals surface area contributed by atoms with Gasteiger partial charge in [-0.15, -0.1) is 0 Å². The van der Waals surface area contributed by atoms with Crippen LogP contribution in [0.3, 0.4) is 0 Å². The number of rotatable bonds is 3. The van der Waals surface area contributed by atoms with E-state index in [-0.39, 0.29) is 6.42 Å². The van der Waals surface area contributed by atoms with Crippen molar-refractivity contribution in [2.24, 2.45) is 5.14 Å². The Balaban J connectivity index is 4.32. The normalized spacial score (nSPS) is 14.9. The molecule has 9 heavy (non-hydrogen) atoms. The van der Waals surface area contributed by atoms with Crippen molar-refractivity contribution in [1.29, 1.82) is 0 Å². The van der Waals surface area contributed by atoms with Gasteiger partial charge in [-0.1, -0.05) is 6.92 Å². The molecule has 1 atom stereocenters. The summed E-state index contributed by atoms with van der Waals surface area (Å²) in [4.78, 5) is 9.92. The number of nitrogens with two attached hydrogens (primary N) is 1. The average Bonchev–Trinajstić information content (AvgIpc) is 1.65. The summed E-state index contributed by atoms with van der Waals surface area (Å²) in [5.74, 6) is 0. The number of hydrogen-bond acceptors (Lipinski definition) is 3. The molecule has 0 aliphatic rings. The molecule has 0 radical (unpaired) electrons. The molecule has 0 saturated heterocycles. The fraction of sp³-hybridized carbons (Fsp3) is 0.750. The smallest absolute Gasteiger partial charge is 0.218 e. The number of carbonyl (C=O) groups is 1.